The van der Waals surface area contributed by atoms with Crippen molar-refractivity contribution in [1.82, 2.24) is 5.32 Å². The molecule has 7 heteroatoms. The van der Waals surface area contributed by atoms with E-state index in [0.717, 1.165) is 11.3 Å². The van der Waals surface area contributed by atoms with E-state index in [1.54, 1.807) is 66.7 Å². The number of carbonyl (C=O) groups excluding carboxylic acids is 2. The zero-order chi connectivity index (χ0) is 22.2. The molecule has 0 fully saturated rings. The van der Waals surface area contributed by atoms with Crippen molar-refractivity contribution in [2.75, 3.05) is 17.2 Å². The van der Waals surface area contributed by atoms with Crippen LogP contribution in [0.4, 0.5) is 11.4 Å². The van der Waals surface area contributed by atoms with Gasteiger partial charge in [-0.2, -0.15) is 0 Å². The number of thiocarbonyl (C=S) groups is 1. The first-order chi connectivity index (χ1) is 15.0. The van der Waals surface area contributed by atoms with Crippen LogP contribution in [0.1, 0.15) is 33.2 Å². The summed E-state index contributed by atoms with van der Waals surface area (Å²) in [6, 6.07) is 21.3. The van der Waals surface area contributed by atoms with Crippen molar-refractivity contribution in [1.29, 1.82) is 0 Å². The molecule has 0 saturated heterocycles. The second-order valence-electron chi connectivity index (χ2n) is 6.73. The monoisotopic (exact) mass is 433 g/mol. The van der Waals surface area contributed by atoms with Gasteiger partial charge in [-0.25, -0.2) is 0 Å². The van der Waals surface area contributed by atoms with E-state index in [4.69, 9.17) is 17.0 Å². The number of hydrogen-bond donors (Lipinski definition) is 3. The van der Waals surface area contributed by atoms with Crippen LogP contribution in [0.25, 0.3) is 0 Å². The van der Waals surface area contributed by atoms with E-state index in [-0.39, 0.29) is 16.9 Å². The molecule has 0 saturated carbocycles. The van der Waals surface area contributed by atoms with Gasteiger partial charge in [0.25, 0.3) is 11.8 Å². The Labute approximate surface area is 186 Å². The smallest absolute Gasteiger partial charge is 0.257 e. The van der Waals surface area contributed by atoms with Crippen molar-refractivity contribution in [2.24, 2.45) is 0 Å². The van der Waals surface area contributed by atoms with E-state index in [1.807, 2.05) is 19.9 Å². The molecule has 0 spiro atoms. The predicted octanol–water partition coefficient (Wildman–Crippen LogP) is 4.77. The molecule has 0 aliphatic heterocycles. The number of ether oxygens (including phenoxy) is 1. The fourth-order valence-electron chi connectivity index (χ4n) is 2.90. The average molecular weight is 434 g/mol. The number of rotatable bonds is 6. The molecule has 0 unspecified atom stereocenters. The lowest BCUT2D eigenvalue weighted by molar-refractivity contribution is 0.0976. The van der Waals surface area contributed by atoms with Gasteiger partial charge in [-0.1, -0.05) is 29.8 Å². The predicted molar refractivity (Wildman–Crippen MR) is 127 cm³/mol. The molecule has 0 aliphatic carbocycles. The van der Waals surface area contributed by atoms with Crippen LogP contribution in [-0.4, -0.2) is 23.5 Å². The highest BCUT2D eigenvalue weighted by Crippen LogP contribution is 2.20. The largest absolute Gasteiger partial charge is 0.494 e. The van der Waals surface area contributed by atoms with Gasteiger partial charge in [0.15, 0.2) is 5.11 Å². The van der Waals surface area contributed by atoms with Crippen molar-refractivity contribution in [3.8, 4) is 5.75 Å². The summed E-state index contributed by atoms with van der Waals surface area (Å²) in [5.74, 6) is 0.106. The van der Waals surface area contributed by atoms with Crippen molar-refractivity contribution in [2.45, 2.75) is 13.8 Å². The first kappa shape index (κ1) is 22.0. The first-order valence-electron chi connectivity index (χ1n) is 9.78. The summed E-state index contributed by atoms with van der Waals surface area (Å²) < 4.78 is 5.41. The molecule has 3 aromatic carbocycles. The van der Waals surface area contributed by atoms with Crippen LogP contribution in [0, 0.1) is 6.92 Å². The summed E-state index contributed by atoms with van der Waals surface area (Å²) in [5.41, 5.74) is 3.00. The third kappa shape index (κ3) is 6.13. The van der Waals surface area contributed by atoms with Crippen molar-refractivity contribution in [3.63, 3.8) is 0 Å². The Kier molecular flexibility index (Phi) is 7.35. The summed E-state index contributed by atoms with van der Waals surface area (Å²) >= 11 is 5.27. The van der Waals surface area contributed by atoms with Crippen LogP contribution in [0.5, 0.6) is 5.75 Å². The molecule has 3 aromatic rings. The molecule has 2 amide bonds. The van der Waals surface area contributed by atoms with Gasteiger partial charge in [-0.15, -0.1) is 0 Å². The van der Waals surface area contributed by atoms with E-state index in [9.17, 15) is 9.59 Å². The summed E-state index contributed by atoms with van der Waals surface area (Å²) in [4.78, 5) is 25.2. The number of nitrogens with one attached hydrogen (secondary N) is 3. The Morgan fingerprint density at radius 2 is 1.65 bits per heavy atom. The third-order valence-corrected chi connectivity index (χ3v) is 4.55. The van der Waals surface area contributed by atoms with Gasteiger partial charge in [0, 0.05) is 11.3 Å². The Bertz CT molecular complexity index is 1100. The molecule has 3 rings (SSSR count). The lowest BCUT2D eigenvalue weighted by Crippen LogP contribution is -2.34. The summed E-state index contributed by atoms with van der Waals surface area (Å²) in [5, 5.41) is 8.53. The fraction of sp³-hybridized carbons (Fsp3) is 0.125. The number of anilines is 2. The standard InChI is InChI=1S/C24H23N3O3S/c1-3-30-19-13-11-18(12-14-19)25-23(29)20-9-4-5-10-21(20)26-24(31)27-22(28)17-8-6-7-16(2)15-17/h4-15H,3H2,1-2H3,(H,25,29)(H2,26,27,28,31). The topological polar surface area (TPSA) is 79.5 Å². The van der Waals surface area contributed by atoms with Crippen molar-refractivity contribution < 1.29 is 14.3 Å². The molecule has 0 radical (unpaired) electrons. The molecule has 158 valence electrons. The van der Waals surface area contributed by atoms with Crippen LogP contribution in [0.2, 0.25) is 0 Å². The average Bonchev–Trinajstić information content (AvgIpc) is 2.75. The minimum Gasteiger partial charge on any atom is -0.494 e. The van der Waals surface area contributed by atoms with Gasteiger partial charge < -0.3 is 15.4 Å². The molecule has 0 aromatic heterocycles. The molecule has 3 N–H and O–H groups in total. The van der Waals surface area contributed by atoms with Gasteiger partial charge in [-0.05, 0) is 74.6 Å². The van der Waals surface area contributed by atoms with E-state index in [1.165, 1.54) is 0 Å². The summed E-state index contributed by atoms with van der Waals surface area (Å²) in [6.45, 7) is 4.39. The highest BCUT2D eigenvalue weighted by molar-refractivity contribution is 7.80. The zero-order valence-corrected chi connectivity index (χ0v) is 18.1. The van der Waals surface area contributed by atoms with Crippen LogP contribution >= 0.6 is 12.2 Å². The van der Waals surface area contributed by atoms with Gasteiger partial charge in [0.1, 0.15) is 5.75 Å². The number of benzene rings is 3. The number of amides is 2. The third-order valence-electron chi connectivity index (χ3n) is 4.35. The fourth-order valence-corrected chi connectivity index (χ4v) is 3.11. The maximum absolute atomic E-state index is 12.8. The first-order valence-corrected chi connectivity index (χ1v) is 10.2. The van der Waals surface area contributed by atoms with Crippen LogP contribution in [0.3, 0.4) is 0 Å². The second-order valence-corrected chi connectivity index (χ2v) is 7.14. The minimum absolute atomic E-state index is 0.104. The van der Waals surface area contributed by atoms with Gasteiger partial charge in [0.05, 0.1) is 17.9 Å². The molecular weight excluding hydrogens is 410 g/mol. The molecule has 0 aliphatic rings. The normalized spacial score (nSPS) is 10.1. The van der Waals surface area contributed by atoms with Crippen molar-refractivity contribution >= 4 is 40.5 Å². The lowest BCUT2D eigenvalue weighted by atomic mass is 10.1. The Hall–Kier alpha value is -3.71. The maximum atomic E-state index is 12.8. The number of para-hydroxylation sites is 1. The quantitative estimate of drug-likeness (QED) is 0.488. The molecule has 6 nitrogen and oxygen atoms in total. The Morgan fingerprint density at radius 1 is 0.903 bits per heavy atom. The molecule has 0 heterocycles. The maximum Gasteiger partial charge on any atom is 0.257 e. The Balaban J connectivity index is 1.67. The van der Waals surface area contributed by atoms with Crippen molar-refractivity contribution in [3.05, 3.63) is 89.5 Å². The lowest BCUT2D eigenvalue weighted by Gasteiger charge is -2.14. The Morgan fingerprint density at radius 3 is 2.35 bits per heavy atom. The van der Waals surface area contributed by atoms with E-state index >= 15 is 0 Å². The highest BCUT2D eigenvalue weighted by Gasteiger charge is 2.14. The van der Waals surface area contributed by atoms with Gasteiger partial charge in [0.2, 0.25) is 0 Å². The van der Waals surface area contributed by atoms with E-state index < -0.39 is 0 Å². The van der Waals surface area contributed by atoms with Crippen LogP contribution < -0.4 is 20.7 Å². The minimum atomic E-state index is -0.322. The van der Waals surface area contributed by atoms with Gasteiger partial charge in [-0.3, -0.25) is 14.9 Å². The molecular formula is C24H23N3O3S. The number of carbonyl (C=O) groups is 2. The highest BCUT2D eigenvalue weighted by atomic mass is 32.1. The van der Waals surface area contributed by atoms with Crippen LogP contribution in [0.15, 0.2) is 72.8 Å². The SMILES string of the molecule is CCOc1ccc(NC(=O)c2ccccc2NC(=S)NC(=O)c2cccc(C)c2)cc1. The van der Waals surface area contributed by atoms with E-state index in [2.05, 4.69) is 16.0 Å². The summed E-state index contributed by atoms with van der Waals surface area (Å²) in [6.07, 6.45) is 0. The molecule has 0 bridgehead atoms. The number of hydrogen-bond acceptors (Lipinski definition) is 4. The van der Waals surface area contributed by atoms with E-state index in [0.29, 0.717) is 29.1 Å². The van der Waals surface area contributed by atoms with Gasteiger partial charge >= 0.3 is 0 Å². The summed E-state index contributed by atoms with van der Waals surface area (Å²) in [7, 11) is 0. The number of aryl methyl sites for hydroxylation is 1. The van der Waals surface area contributed by atoms with Crippen LogP contribution in [-0.2, 0) is 0 Å². The zero-order valence-electron chi connectivity index (χ0n) is 17.3. The second kappa shape index (κ2) is 10.4. The molecule has 0 atom stereocenters. The molecule has 31 heavy (non-hydrogen) atoms.